The van der Waals surface area contributed by atoms with Gasteiger partial charge in [-0.2, -0.15) is 0 Å². The van der Waals surface area contributed by atoms with E-state index in [0.717, 1.165) is 17.7 Å². The van der Waals surface area contributed by atoms with Gasteiger partial charge >= 0.3 is 0 Å². The molecule has 2 aromatic rings. The summed E-state index contributed by atoms with van der Waals surface area (Å²) in [6.45, 7) is 2.49. The molecule has 2 amide bonds. The number of nitrogens with zero attached hydrogens (tertiary/aromatic N) is 2. The minimum Gasteiger partial charge on any atom is -0.352 e. The monoisotopic (exact) mass is 365 g/mol. The lowest BCUT2D eigenvalue weighted by molar-refractivity contribution is -0.129. The highest BCUT2D eigenvalue weighted by atomic mass is 16.2. The fraction of sp³-hybridized carbons (Fsp3) is 0.364. The standard InChI is InChI=1S/C22H27N3O2/c1-24(2)12-13-25-16-20(14-21(25)26)22(27)23-15-17-8-10-19(11-9-17)18-6-4-3-5-7-18/h3-11,20H,12-16H2,1-2H3,(H,23,27)/t20-/m0/s1. The summed E-state index contributed by atoms with van der Waals surface area (Å²) in [6.07, 6.45) is 0.312. The molecule has 1 N–H and O–H groups in total. The molecule has 27 heavy (non-hydrogen) atoms. The summed E-state index contributed by atoms with van der Waals surface area (Å²) < 4.78 is 0. The third-order valence-electron chi connectivity index (χ3n) is 4.93. The van der Waals surface area contributed by atoms with Crippen LogP contribution in [0, 0.1) is 5.92 Å². The highest BCUT2D eigenvalue weighted by molar-refractivity contribution is 5.89. The lowest BCUT2D eigenvalue weighted by Crippen LogP contribution is -2.35. The van der Waals surface area contributed by atoms with Crippen molar-refractivity contribution in [2.45, 2.75) is 13.0 Å². The smallest absolute Gasteiger partial charge is 0.225 e. The second-order valence-electron chi connectivity index (χ2n) is 7.32. The van der Waals surface area contributed by atoms with Gasteiger partial charge in [-0.1, -0.05) is 54.6 Å². The van der Waals surface area contributed by atoms with Gasteiger partial charge in [0.2, 0.25) is 11.8 Å². The van der Waals surface area contributed by atoms with E-state index in [1.54, 1.807) is 4.90 Å². The van der Waals surface area contributed by atoms with Crippen molar-refractivity contribution in [1.82, 2.24) is 15.1 Å². The molecule has 1 aliphatic heterocycles. The molecule has 0 aromatic heterocycles. The summed E-state index contributed by atoms with van der Waals surface area (Å²) in [5.74, 6) is -0.213. The molecule has 0 saturated carbocycles. The molecule has 1 saturated heterocycles. The Bertz CT molecular complexity index is 772. The quantitative estimate of drug-likeness (QED) is 0.820. The first-order valence-corrected chi connectivity index (χ1v) is 9.37. The fourth-order valence-electron chi connectivity index (χ4n) is 3.26. The summed E-state index contributed by atoms with van der Waals surface area (Å²) in [7, 11) is 3.96. The van der Waals surface area contributed by atoms with Crippen LogP contribution in [0.5, 0.6) is 0 Å². The number of hydrogen-bond acceptors (Lipinski definition) is 3. The number of likely N-dealkylation sites (N-methyl/N-ethyl adjacent to an activating group) is 1. The number of rotatable bonds is 7. The molecule has 1 fully saturated rings. The van der Waals surface area contributed by atoms with Crippen LogP contribution in [0.25, 0.3) is 11.1 Å². The van der Waals surface area contributed by atoms with E-state index in [-0.39, 0.29) is 17.7 Å². The average Bonchev–Trinajstić information content (AvgIpc) is 3.06. The second kappa shape index (κ2) is 8.82. The molecular formula is C22H27N3O2. The Morgan fingerprint density at radius 3 is 2.41 bits per heavy atom. The van der Waals surface area contributed by atoms with Crippen LogP contribution in [0.1, 0.15) is 12.0 Å². The lowest BCUT2D eigenvalue weighted by Gasteiger charge is -2.19. The molecular weight excluding hydrogens is 338 g/mol. The van der Waals surface area contributed by atoms with E-state index in [1.165, 1.54) is 5.56 Å². The second-order valence-corrected chi connectivity index (χ2v) is 7.32. The first kappa shape index (κ1) is 19.1. The lowest BCUT2D eigenvalue weighted by atomic mass is 10.0. The maximum atomic E-state index is 12.4. The maximum absolute atomic E-state index is 12.4. The minimum absolute atomic E-state index is 0.0390. The number of likely N-dealkylation sites (tertiary alicyclic amines) is 1. The molecule has 0 radical (unpaired) electrons. The van der Waals surface area contributed by atoms with Gasteiger partial charge in [0.05, 0.1) is 5.92 Å². The number of amides is 2. The largest absolute Gasteiger partial charge is 0.352 e. The van der Waals surface area contributed by atoms with Gasteiger partial charge < -0.3 is 15.1 Å². The van der Waals surface area contributed by atoms with Gasteiger partial charge in [0.25, 0.3) is 0 Å². The van der Waals surface area contributed by atoms with Gasteiger partial charge in [0.1, 0.15) is 0 Å². The molecule has 0 bridgehead atoms. The van der Waals surface area contributed by atoms with Crippen molar-refractivity contribution in [3.05, 3.63) is 60.2 Å². The number of benzene rings is 2. The summed E-state index contributed by atoms with van der Waals surface area (Å²) in [5, 5.41) is 2.98. The third-order valence-corrected chi connectivity index (χ3v) is 4.93. The van der Waals surface area contributed by atoms with Crippen LogP contribution in [0.4, 0.5) is 0 Å². The summed E-state index contributed by atoms with van der Waals surface area (Å²) in [5.41, 5.74) is 3.38. The normalized spacial score (nSPS) is 16.8. The van der Waals surface area contributed by atoms with E-state index in [2.05, 4.69) is 29.6 Å². The van der Waals surface area contributed by atoms with Crippen LogP contribution in [-0.4, -0.2) is 55.3 Å². The van der Waals surface area contributed by atoms with Crippen molar-refractivity contribution >= 4 is 11.8 Å². The Morgan fingerprint density at radius 1 is 1.07 bits per heavy atom. The van der Waals surface area contributed by atoms with Gasteiger partial charge in [-0.3, -0.25) is 9.59 Å². The molecule has 1 heterocycles. The first-order valence-electron chi connectivity index (χ1n) is 9.37. The topological polar surface area (TPSA) is 52.6 Å². The van der Waals surface area contributed by atoms with E-state index in [1.807, 2.05) is 49.3 Å². The third kappa shape index (κ3) is 5.17. The first-order chi connectivity index (χ1) is 13.0. The Hall–Kier alpha value is -2.66. The Kier molecular flexibility index (Phi) is 6.24. The molecule has 2 aromatic carbocycles. The van der Waals surface area contributed by atoms with Gasteiger partial charge in [0.15, 0.2) is 0 Å². The summed E-state index contributed by atoms with van der Waals surface area (Å²) in [4.78, 5) is 28.3. The predicted molar refractivity (Wildman–Crippen MR) is 107 cm³/mol. The number of carbonyl (C=O) groups excluding carboxylic acids is 2. The van der Waals surface area contributed by atoms with Gasteiger partial charge in [-0.15, -0.1) is 0 Å². The summed E-state index contributed by atoms with van der Waals surface area (Å²) in [6, 6.07) is 18.4. The molecule has 142 valence electrons. The molecule has 5 nitrogen and oxygen atoms in total. The van der Waals surface area contributed by atoms with E-state index in [4.69, 9.17) is 0 Å². The van der Waals surface area contributed by atoms with Crippen molar-refractivity contribution in [1.29, 1.82) is 0 Å². The summed E-state index contributed by atoms with van der Waals surface area (Å²) >= 11 is 0. The van der Waals surface area contributed by atoms with Crippen molar-refractivity contribution in [3.8, 4) is 11.1 Å². The zero-order chi connectivity index (χ0) is 19.2. The Morgan fingerprint density at radius 2 is 1.74 bits per heavy atom. The van der Waals surface area contributed by atoms with Crippen LogP contribution < -0.4 is 5.32 Å². The SMILES string of the molecule is CN(C)CCN1C[C@@H](C(=O)NCc2ccc(-c3ccccc3)cc2)CC1=O. The predicted octanol–water partition coefficient (Wildman–Crippen LogP) is 2.38. The van der Waals surface area contributed by atoms with Gasteiger partial charge in [-0.05, 0) is 30.8 Å². The van der Waals surface area contributed by atoms with Gasteiger partial charge in [-0.25, -0.2) is 0 Å². The molecule has 3 rings (SSSR count). The van der Waals surface area contributed by atoms with E-state index in [9.17, 15) is 9.59 Å². The van der Waals surface area contributed by atoms with Crippen molar-refractivity contribution < 1.29 is 9.59 Å². The highest BCUT2D eigenvalue weighted by Gasteiger charge is 2.33. The highest BCUT2D eigenvalue weighted by Crippen LogP contribution is 2.20. The zero-order valence-electron chi connectivity index (χ0n) is 16.0. The average molecular weight is 365 g/mol. The molecule has 1 aliphatic rings. The van der Waals surface area contributed by atoms with E-state index < -0.39 is 0 Å². The Balaban J connectivity index is 1.50. The zero-order valence-corrected chi connectivity index (χ0v) is 16.0. The van der Waals surface area contributed by atoms with Crippen LogP contribution >= 0.6 is 0 Å². The van der Waals surface area contributed by atoms with Crippen LogP contribution in [0.3, 0.4) is 0 Å². The molecule has 5 heteroatoms. The van der Waals surface area contributed by atoms with E-state index >= 15 is 0 Å². The number of carbonyl (C=O) groups is 2. The molecule has 0 spiro atoms. The van der Waals surface area contributed by atoms with Crippen LogP contribution in [0.15, 0.2) is 54.6 Å². The molecule has 0 unspecified atom stereocenters. The fourth-order valence-corrected chi connectivity index (χ4v) is 3.26. The van der Waals surface area contributed by atoms with Gasteiger partial charge in [0, 0.05) is 32.6 Å². The van der Waals surface area contributed by atoms with Crippen molar-refractivity contribution in [2.24, 2.45) is 5.92 Å². The van der Waals surface area contributed by atoms with Crippen LogP contribution in [0.2, 0.25) is 0 Å². The van der Waals surface area contributed by atoms with Crippen LogP contribution in [-0.2, 0) is 16.1 Å². The van der Waals surface area contributed by atoms with E-state index in [0.29, 0.717) is 26.1 Å². The molecule has 0 aliphatic carbocycles. The number of hydrogen-bond donors (Lipinski definition) is 1. The number of nitrogens with one attached hydrogen (secondary N) is 1. The Labute approximate surface area is 161 Å². The molecule has 1 atom stereocenters. The van der Waals surface area contributed by atoms with Crippen molar-refractivity contribution in [3.63, 3.8) is 0 Å². The van der Waals surface area contributed by atoms with Crippen molar-refractivity contribution in [2.75, 3.05) is 33.7 Å². The maximum Gasteiger partial charge on any atom is 0.225 e. The minimum atomic E-state index is -0.247.